The Hall–Kier alpha value is 0.150. The highest BCUT2D eigenvalue weighted by molar-refractivity contribution is 9.10. The molecule has 2 rings (SSSR count). The third kappa shape index (κ3) is 3.67. The predicted molar refractivity (Wildman–Crippen MR) is 87.0 cm³/mol. The van der Waals surface area contributed by atoms with Gasteiger partial charge in [-0.15, -0.1) is 12.4 Å². The summed E-state index contributed by atoms with van der Waals surface area (Å²) in [6.45, 7) is 0.887. The van der Waals surface area contributed by atoms with Gasteiger partial charge < -0.3 is 5.73 Å². The number of hydrogen-bond acceptors (Lipinski definition) is 3. The van der Waals surface area contributed by atoms with Crippen molar-refractivity contribution in [3.8, 4) is 0 Å². The molecular formula is C12H17BrCl2N2O2S. The lowest BCUT2D eigenvalue weighted by Crippen LogP contribution is -2.47. The van der Waals surface area contributed by atoms with Crippen LogP contribution >= 0.6 is 39.9 Å². The van der Waals surface area contributed by atoms with Crippen molar-refractivity contribution in [2.24, 2.45) is 5.73 Å². The maximum Gasteiger partial charge on any atom is 0.243 e. The number of benzene rings is 1. The third-order valence-corrected chi connectivity index (χ3v) is 6.50. The predicted octanol–water partition coefficient (Wildman–Crippen LogP) is 3.03. The van der Waals surface area contributed by atoms with Crippen LogP contribution in [0.4, 0.5) is 0 Å². The Morgan fingerprint density at radius 1 is 1.40 bits per heavy atom. The van der Waals surface area contributed by atoms with E-state index in [1.807, 2.05) is 0 Å². The maximum atomic E-state index is 12.6. The molecule has 20 heavy (non-hydrogen) atoms. The maximum absolute atomic E-state index is 12.6. The molecule has 1 atom stereocenters. The molecule has 0 saturated carbocycles. The molecule has 1 aromatic rings. The van der Waals surface area contributed by atoms with Gasteiger partial charge in [-0.3, -0.25) is 0 Å². The Morgan fingerprint density at radius 2 is 2.10 bits per heavy atom. The van der Waals surface area contributed by atoms with Crippen molar-refractivity contribution in [1.29, 1.82) is 0 Å². The van der Waals surface area contributed by atoms with Gasteiger partial charge >= 0.3 is 0 Å². The van der Waals surface area contributed by atoms with E-state index in [2.05, 4.69) is 15.9 Å². The van der Waals surface area contributed by atoms with Gasteiger partial charge in [-0.1, -0.05) is 18.0 Å². The topological polar surface area (TPSA) is 63.4 Å². The van der Waals surface area contributed by atoms with Crippen LogP contribution in [0.3, 0.4) is 0 Å². The second kappa shape index (κ2) is 7.42. The van der Waals surface area contributed by atoms with Crippen LogP contribution < -0.4 is 5.73 Å². The zero-order chi connectivity index (χ0) is 14.0. The van der Waals surface area contributed by atoms with Crippen LogP contribution in [0.25, 0.3) is 0 Å². The van der Waals surface area contributed by atoms with E-state index < -0.39 is 10.0 Å². The molecule has 114 valence electrons. The van der Waals surface area contributed by atoms with Gasteiger partial charge in [0.05, 0.1) is 9.92 Å². The lowest BCUT2D eigenvalue weighted by Gasteiger charge is -2.33. The molecule has 1 aliphatic rings. The van der Waals surface area contributed by atoms with Crippen molar-refractivity contribution in [1.82, 2.24) is 4.31 Å². The molecule has 1 aromatic carbocycles. The first-order valence-corrected chi connectivity index (χ1v) is 8.75. The fourth-order valence-corrected chi connectivity index (χ4v) is 4.68. The van der Waals surface area contributed by atoms with Crippen molar-refractivity contribution >= 4 is 50.0 Å². The normalized spacial score (nSPS) is 20.4. The van der Waals surface area contributed by atoms with Gasteiger partial charge in [0.2, 0.25) is 10.0 Å². The Bertz CT molecular complexity index is 569. The van der Waals surface area contributed by atoms with Crippen LogP contribution in [0.15, 0.2) is 27.6 Å². The highest BCUT2D eigenvalue weighted by Crippen LogP contribution is 2.29. The smallest absolute Gasteiger partial charge is 0.243 e. The number of halogens is 3. The van der Waals surface area contributed by atoms with E-state index in [1.54, 1.807) is 12.1 Å². The van der Waals surface area contributed by atoms with E-state index >= 15 is 0 Å². The minimum Gasteiger partial charge on any atom is -0.329 e. The summed E-state index contributed by atoms with van der Waals surface area (Å²) in [4.78, 5) is 0.254. The first-order chi connectivity index (χ1) is 8.96. The lowest BCUT2D eigenvalue weighted by atomic mass is 10.1. The lowest BCUT2D eigenvalue weighted by molar-refractivity contribution is 0.257. The Morgan fingerprint density at radius 3 is 2.70 bits per heavy atom. The van der Waals surface area contributed by atoms with Crippen molar-refractivity contribution in [3.63, 3.8) is 0 Å². The van der Waals surface area contributed by atoms with Gasteiger partial charge in [0.15, 0.2) is 0 Å². The van der Waals surface area contributed by atoms with E-state index in [9.17, 15) is 8.42 Å². The summed E-state index contributed by atoms with van der Waals surface area (Å²) >= 11 is 9.15. The molecule has 0 aromatic heterocycles. The van der Waals surface area contributed by atoms with Gasteiger partial charge in [-0.05, 0) is 47.0 Å². The van der Waals surface area contributed by atoms with Gasteiger partial charge in [0.1, 0.15) is 0 Å². The highest BCUT2D eigenvalue weighted by Gasteiger charge is 2.32. The summed E-state index contributed by atoms with van der Waals surface area (Å²) in [6.07, 6.45) is 2.73. The van der Waals surface area contributed by atoms with Crippen molar-refractivity contribution in [2.75, 3.05) is 13.1 Å². The standard InChI is InChI=1S/C12H16BrClN2O2S.ClH/c13-11-7-10(4-5-12(11)14)19(17,18)16-6-2-1-3-9(16)8-15;/h4-5,7,9H,1-3,6,8,15H2;1H. The summed E-state index contributed by atoms with van der Waals surface area (Å²) in [5.74, 6) is 0. The number of nitrogens with two attached hydrogens (primary N) is 1. The molecule has 8 heteroatoms. The molecule has 0 amide bonds. The molecule has 2 N–H and O–H groups in total. The molecule has 1 unspecified atom stereocenters. The van der Waals surface area contributed by atoms with Crippen LogP contribution in [-0.4, -0.2) is 31.9 Å². The SMILES string of the molecule is Cl.NCC1CCCCN1S(=O)(=O)c1ccc(Cl)c(Br)c1. The number of sulfonamides is 1. The summed E-state index contributed by atoms with van der Waals surface area (Å²) < 4.78 is 27.4. The minimum absolute atomic E-state index is 0. The molecule has 0 bridgehead atoms. The van der Waals surface area contributed by atoms with E-state index in [-0.39, 0.29) is 23.3 Å². The molecule has 4 nitrogen and oxygen atoms in total. The van der Waals surface area contributed by atoms with Crippen LogP contribution in [0.5, 0.6) is 0 Å². The van der Waals surface area contributed by atoms with Crippen LogP contribution in [0.2, 0.25) is 5.02 Å². The molecule has 0 spiro atoms. The second-order valence-electron chi connectivity index (χ2n) is 4.58. The summed E-state index contributed by atoms with van der Waals surface area (Å²) in [6, 6.07) is 4.55. The van der Waals surface area contributed by atoms with Crippen molar-refractivity contribution < 1.29 is 8.42 Å². The van der Waals surface area contributed by atoms with E-state index in [0.29, 0.717) is 22.6 Å². The van der Waals surface area contributed by atoms with Crippen LogP contribution in [0.1, 0.15) is 19.3 Å². The van der Waals surface area contributed by atoms with Gasteiger partial charge in [0.25, 0.3) is 0 Å². The molecule has 0 radical (unpaired) electrons. The largest absolute Gasteiger partial charge is 0.329 e. The highest BCUT2D eigenvalue weighted by atomic mass is 79.9. The Balaban J connectivity index is 0.00000200. The average Bonchev–Trinajstić information content (AvgIpc) is 2.41. The van der Waals surface area contributed by atoms with Crippen molar-refractivity contribution in [2.45, 2.75) is 30.2 Å². The van der Waals surface area contributed by atoms with Gasteiger partial charge in [-0.2, -0.15) is 4.31 Å². The number of piperidine rings is 1. The zero-order valence-electron chi connectivity index (χ0n) is 10.8. The van der Waals surface area contributed by atoms with Crippen LogP contribution in [0, 0.1) is 0 Å². The minimum atomic E-state index is -3.50. The average molecular weight is 404 g/mol. The van der Waals surface area contributed by atoms with Gasteiger partial charge in [0, 0.05) is 23.6 Å². The molecule has 1 aliphatic heterocycles. The molecule has 0 aliphatic carbocycles. The molecular weight excluding hydrogens is 387 g/mol. The fraction of sp³-hybridized carbons (Fsp3) is 0.500. The molecule has 1 fully saturated rings. The molecule has 1 saturated heterocycles. The Kier molecular flexibility index (Phi) is 6.76. The Labute approximate surface area is 139 Å². The third-order valence-electron chi connectivity index (χ3n) is 3.34. The van der Waals surface area contributed by atoms with Gasteiger partial charge in [-0.25, -0.2) is 8.42 Å². The fourth-order valence-electron chi connectivity index (χ4n) is 2.30. The number of rotatable bonds is 3. The first-order valence-electron chi connectivity index (χ1n) is 6.14. The first kappa shape index (κ1) is 18.2. The quantitative estimate of drug-likeness (QED) is 0.843. The summed E-state index contributed by atoms with van der Waals surface area (Å²) in [5, 5.41) is 0.493. The summed E-state index contributed by atoms with van der Waals surface area (Å²) in [5.41, 5.74) is 5.69. The van der Waals surface area contributed by atoms with Crippen LogP contribution in [-0.2, 0) is 10.0 Å². The summed E-state index contributed by atoms with van der Waals surface area (Å²) in [7, 11) is -3.50. The molecule has 1 heterocycles. The number of nitrogens with zero attached hydrogens (tertiary/aromatic N) is 1. The second-order valence-corrected chi connectivity index (χ2v) is 7.73. The van der Waals surface area contributed by atoms with E-state index in [4.69, 9.17) is 17.3 Å². The number of hydrogen-bond donors (Lipinski definition) is 1. The monoisotopic (exact) mass is 402 g/mol. The van der Waals surface area contributed by atoms with E-state index in [0.717, 1.165) is 19.3 Å². The van der Waals surface area contributed by atoms with E-state index in [1.165, 1.54) is 10.4 Å². The zero-order valence-corrected chi connectivity index (χ0v) is 14.7. The van der Waals surface area contributed by atoms with Crippen molar-refractivity contribution in [3.05, 3.63) is 27.7 Å².